The quantitative estimate of drug-likeness (QED) is 0.640. The first-order chi connectivity index (χ1) is 13.5. The number of nitrogens with zero attached hydrogens (tertiary/aromatic N) is 1. The highest BCUT2D eigenvalue weighted by molar-refractivity contribution is 7.96. The Bertz CT molecular complexity index is 907. The van der Waals surface area contributed by atoms with E-state index in [4.69, 9.17) is 9.47 Å². The third-order valence-corrected chi connectivity index (χ3v) is 9.92. The van der Waals surface area contributed by atoms with Crippen molar-refractivity contribution in [2.24, 2.45) is 0 Å². The Morgan fingerprint density at radius 1 is 1.17 bits per heavy atom. The molecule has 2 heterocycles. The molecule has 29 heavy (non-hydrogen) atoms. The molecule has 2 atom stereocenters. The summed E-state index contributed by atoms with van der Waals surface area (Å²) in [7, 11) is -5.75. The van der Waals surface area contributed by atoms with Crippen LogP contribution in [0.2, 0.25) is 0 Å². The highest BCUT2D eigenvalue weighted by Gasteiger charge is 2.46. The van der Waals surface area contributed by atoms with Gasteiger partial charge in [0.25, 0.3) is 0 Å². The van der Waals surface area contributed by atoms with Crippen molar-refractivity contribution < 1.29 is 26.3 Å². The number of benzene rings is 1. The fraction of sp³-hybridized carbons (Fsp3) is 0.684. The molecule has 0 unspecified atom stereocenters. The maximum absolute atomic E-state index is 13.2. The van der Waals surface area contributed by atoms with Gasteiger partial charge in [-0.1, -0.05) is 0 Å². The van der Waals surface area contributed by atoms with Gasteiger partial charge in [0.1, 0.15) is 5.75 Å². The Morgan fingerprint density at radius 3 is 2.38 bits per heavy atom. The summed E-state index contributed by atoms with van der Waals surface area (Å²) in [6.07, 6.45) is 0. The molecule has 0 radical (unpaired) electrons. The summed E-state index contributed by atoms with van der Waals surface area (Å²) in [5.41, 5.74) is -0.245. The second kappa shape index (κ2) is 8.50. The molecule has 2 saturated heterocycles. The Balaban J connectivity index is 1.77. The first-order valence-electron chi connectivity index (χ1n) is 9.70. The molecule has 8 nitrogen and oxygen atoms in total. The van der Waals surface area contributed by atoms with Crippen LogP contribution in [-0.2, 0) is 24.4 Å². The fourth-order valence-electron chi connectivity index (χ4n) is 3.91. The van der Waals surface area contributed by atoms with Crippen LogP contribution in [0, 0.1) is 0 Å². The molecule has 3 rings (SSSR count). The van der Waals surface area contributed by atoms with Crippen molar-refractivity contribution in [3.05, 3.63) is 24.3 Å². The van der Waals surface area contributed by atoms with Crippen molar-refractivity contribution in [1.82, 2.24) is 10.2 Å². The smallest absolute Gasteiger partial charge is 0.183 e. The predicted molar refractivity (Wildman–Crippen MR) is 111 cm³/mol. The van der Waals surface area contributed by atoms with Crippen molar-refractivity contribution in [1.29, 1.82) is 0 Å². The number of sulfone groups is 2. The monoisotopic (exact) mass is 446 g/mol. The van der Waals surface area contributed by atoms with Crippen LogP contribution in [0.3, 0.4) is 0 Å². The molecule has 2 aliphatic heterocycles. The lowest BCUT2D eigenvalue weighted by Gasteiger charge is -2.41. The molecule has 0 saturated carbocycles. The molecule has 0 spiro atoms. The minimum absolute atomic E-state index is 0.111. The van der Waals surface area contributed by atoms with E-state index in [-0.39, 0.29) is 21.9 Å². The number of morpholine rings is 1. The number of ether oxygens (including phenoxy) is 2. The number of hydrogen-bond donors (Lipinski definition) is 1. The van der Waals surface area contributed by atoms with Gasteiger partial charge >= 0.3 is 0 Å². The molecule has 1 aromatic rings. The summed E-state index contributed by atoms with van der Waals surface area (Å²) in [6, 6.07) is 5.43. The number of nitrogens with one attached hydrogen (secondary N) is 1. The maximum atomic E-state index is 13.2. The van der Waals surface area contributed by atoms with Crippen LogP contribution in [0.4, 0.5) is 0 Å². The van der Waals surface area contributed by atoms with Gasteiger partial charge in [0.2, 0.25) is 0 Å². The average Bonchev–Trinajstić information content (AvgIpc) is 3.02. The minimum atomic E-state index is -3.81. The third kappa shape index (κ3) is 5.11. The molecule has 2 fully saturated rings. The Morgan fingerprint density at radius 2 is 1.79 bits per heavy atom. The van der Waals surface area contributed by atoms with E-state index in [1.54, 1.807) is 12.1 Å². The van der Waals surface area contributed by atoms with Crippen LogP contribution >= 0.6 is 0 Å². The number of methoxy groups -OCH3 is 1. The molecular weight excluding hydrogens is 416 g/mol. The molecule has 10 heteroatoms. The van der Waals surface area contributed by atoms with E-state index in [1.807, 2.05) is 0 Å². The lowest BCUT2D eigenvalue weighted by atomic mass is 10.0. The highest BCUT2D eigenvalue weighted by atomic mass is 32.2. The topological polar surface area (TPSA) is 102 Å². The van der Waals surface area contributed by atoms with Crippen LogP contribution in [-0.4, -0.2) is 90.0 Å². The molecule has 1 N–H and O–H groups in total. The van der Waals surface area contributed by atoms with E-state index in [1.165, 1.54) is 19.2 Å². The average molecular weight is 447 g/mol. The van der Waals surface area contributed by atoms with Crippen molar-refractivity contribution in [3.8, 4) is 5.75 Å². The predicted octanol–water partition coefficient (Wildman–Crippen LogP) is 0.335. The second-order valence-electron chi connectivity index (χ2n) is 8.24. The summed E-state index contributed by atoms with van der Waals surface area (Å²) in [4.78, 5) is 2.39. The molecule has 0 aromatic heterocycles. The molecule has 2 aliphatic rings. The van der Waals surface area contributed by atoms with Crippen LogP contribution in [0.15, 0.2) is 29.2 Å². The summed E-state index contributed by atoms with van der Waals surface area (Å²) in [5.74, 6) is 0.00779. The molecule has 1 aromatic carbocycles. The Hall–Kier alpha value is -1.20. The van der Waals surface area contributed by atoms with Crippen molar-refractivity contribution in [3.63, 3.8) is 0 Å². The van der Waals surface area contributed by atoms with Gasteiger partial charge in [-0.15, -0.1) is 0 Å². The van der Waals surface area contributed by atoms with E-state index < -0.39 is 31.0 Å². The first kappa shape index (κ1) is 22.5. The van der Waals surface area contributed by atoms with Crippen LogP contribution in [0.25, 0.3) is 0 Å². The van der Waals surface area contributed by atoms with Crippen molar-refractivity contribution in [2.45, 2.75) is 35.6 Å². The van der Waals surface area contributed by atoms with Gasteiger partial charge in [-0.2, -0.15) is 0 Å². The first-order valence-corrected chi connectivity index (χ1v) is 13.1. The molecule has 164 valence electrons. The van der Waals surface area contributed by atoms with E-state index in [0.717, 1.165) is 13.1 Å². The lowest BCUT2D eigenvalue weighted by molar-refractivity contribution is -0.0101. The summed E-state index contributed by atoms with van der Waals surface area (Å²) in [5, 5.41) is 2.25. The van der Waals surface area contributed by atoms with Gasteiger partial charge in [-0.25, -0.2) is 16.8 Å². The number of hydrogen-bond acceptors (Lipinski definition) is 8. The zero-order valence-electron chi connectivity index (χ0n) is 17.1. The van der Waals surface area contributed by atoms with Gasteiger partial charge < -0.3 is 14.8 Å². The SMILES string of the molecule is COc1ccc(S(=O)(=O)[C@H]2CS(=O)(=O)C[C@@H]2NCC(C)(C)N2CCOCC2)cc1. The normalized spacial score (nSPS) is 25.8. The Kier molecular flexibility index (Phi) is 6.59. The van der Waals surface area contributed by atoms with E-state index >= 15 is 0 Å². The van der Waals surface area contributed by atoms with E-state index in [2.05, 4.69) is 24.1 Å². The van der Waals surface area contributed by atoms with Crippen molar-refractivity contribution >= 4 is 19.7 Å². The van der Waals surface area contributed by atoms with Gasteiger partial charge in [0.15, 0.2) is 19.7 Å². The summed E-state index contributed by atoms with van der Waals surface area (Å²) in [6.45, 7) is 7.55. The summed E-state index contributed by atoms with van der Waals surface area (Å²) < 4.78 is 61.5. The van der Waals surface area contributed by atoms with Gasteiger partial charge in [0, 0.05) is 31.2 Å². The molecule has 0 bridgehead atoms. The third-order valence-electron chi connectivity index (χ3n) is 5.75. The van der Waals surface area contributed by atoms with Gasteiger partial charge in [-0.05, 0) is 38.1 Å². The maximum Gasteiger partial charge on any atom is 0.183 e. The molecule has 0 amide bonds. The van der Waals surface area contributed by atoms with Crippen molar-refractivity contribution in [2.75, 3.05) is 51.5 Å². The molecular formula is C19H30N2O6S2. The fourth-order valence-corrected chi connectivity index (χ4v) is 8.63. The largest absolute Gasteiger partial charge is 0.497 e. The molecule has 0 aliphatic carbocycles. The highest BCUT2D eigenvalue weighted by Crippen LogP contribution is 2.28. The second-order valence-corrected chi connectivity index (χ2v) is 12.6. The van der Waals surface area contributed by atoms with E-state index in [0.29, 0.717) is 25.5 Å². The van der Waals surface area contributed by atoms with Crippen LogP contribution < -0.4 is 10.1 Å². The number of rotatable bonds is 7. The van der Waals surface area contributed by atoms with E-state index in [9.17, 15) is 16.8 Å². The summed E-state index contributed by atoms with van der Waals surface area (Å²) >= 11 is 0. The Labute approximate surface area is 173 Å². The zero-order valence-corrected chi connectivity index (χ0v) is 18.8. The van der Waals surface area contributed by atoms with Crippen LogP contribution in [0.1, 0.15) is 13.8 Å². The lowest BCUT2D eigenvalue weighted by Crippen LogP contribution is -2.57. The van der Waals surface area contributed by atoms with Gasteiger partial charge in [0.05, 0.1) is 42.0 Å². The van der Waals surface area contributed by atoms with Gasteiger partial charge in [-0.3, -0.25) is 4.90 Å². The zero-order chi connectivity index (χ0) is 21.3. The van der Waals surface area contributed by atoms with Crippen LogP contribution in [0.5, 0.6) is 5.75 Å². The minimum Gasteiger partial charge on any atom is -0.497 e. The standard InChI is InChI=1S/C19H30N2O6S2/c1-19(2,21-8-10-27-11-9-21)14-20-17-12-28(22,23)13-18(17)29(24,25)16-6-4-15(26-3)5-7-16/h4-7,17-18,20H,8-14H2,1-3H3/t17-,18-/m0/s1.